The normalized spacial score (nSPS) is 20.5. The summed E-state index contributed by atoms with van der Waals surface area (Å²) in [5.41, 5.74) is 0. The summed E-state index contributed by atoms with van der Waals surface area (Å²) in [7, 11) is 2.70. The molecule has 0 aliphatic carbocycles. The van der Waals surface area contributed by atoms with Crippen LogP contribution in [0.25, 0.3) is 0 Å². The van der Waals surface area contributed by atoms with Gasteiger partial charge in [-0.2, -0.15) is 0 Å². The van der Waals surface area contributed by atoms with Crippen molar-refractivity contribution in [3.05, 3.63) is 0 Å². The molecule has 0 atom stereocenters. The summed E-state index contributed by atoms with van der Waals surface area (Å²) >= 11 is 0. The highest BCUT2D eigenvalue weighted by Crippen LogP contribution is 2.23. The van der Waals surface area contributed by atoms with Crippen LogP contribution in [0.3, 0.4) is 0 Å². The van der Waals surface area contributed by atoms with E-state index in [1.54, 1.807) is 21.3 Å². The molecule has 17 heavy (non-hydrogen) atoms. The van der Waals surface area contributed by atoms with E-state index < -0.39 is 8.80 Å². The van der Waals surface area contributed by atoms with Crippen LogP contribution in [-0.4, -0.2) is 60.4 Å². The van der Waals surface area contributed by atoms with Gasteiger partial charge in [0.2, 0.25) is 0 Å². The lowest BCUT2D eigenvalue weighted by Gasteiger charge is -2.44. The van der Waals surface area contributed by atoms with E-state index in [1.807, 2.05) is 0 Å². The van der Waals surface area contributed by atoms with Gasteiger partial charge in [0.25, 0.3) is 0 Å². The summed E-state index contributed by atoms with van der Waals surface area (Å²) < 4.78 is 17.9. The van der Waals surface area contributed by atoms with Crippen molar-refractivity contribution in [1.82, 2.24) is 0 Å². The summed E-state index contributed by atoms with van der Waals surface area (Å²) in [5, 5.41) is 0. The Morgan fingerprint density at radius 1 is 0.941 bits per heavy atom. The molecule has 0 unspecified atom stereocenters. The minimum atomic E-state index is -2.44. The summed E-state index contributed by atoms with van der Waals surface area (Å²) in [6, 6.07) is 0. The number of rotatable bonds is 7. The monoisotopic (exact) mass is 262 g/mol. The topological polar surface area (TPSA) is 27.7 Å². The highest BCUT2D eigenvalue weighted by molar-refractivity contribution is 6.60. The van der Waals surface area contributed by atoms with Crippen molar-refractivity contribution in [3.63, 3.8) is 0 Å². The molecule has 1 aliphatic rings. The average Bonchev–Trinajstić information content (AvgIpc) is 2.38. The molecule has 1 saturated heterocycles. The van der Waals surface area contributed by atoms with Crippen molar-refractivity contribution in [1.29, 1.82) is 0 Å². The van der Waals surface area contributed by atoms with Crippen LogP contribution < -0.4 is 0 Å². The standard InChI is InChI=1S/C12H28NO3Si/c1-5-9-13(10-7-6-8-11-13)12-17(14-2,15-3)16-4/h5-12H2,1-4H3/q+1. The number of quaternary nitrogens is 1. The van der Waals surface area contributed by atoms with E-state index in [0.29, 0.717) is 0 Å². The SMILES string of the molecule is CCC[N+]1(C[Si](OC)(OC)OC)CCCCC1. The molecule has 0 saturated carbocycles. The summed E-state index contributed by atoms with van der Waals surface area (Å²) in [6.45, 7) is 5.96. The predicted octanol–water partition coefficient (Wildman–Crippen LogP) is 1.81. The fourth-order valence-electron chi connectivity index (χ4n) is 2.97. The minimum Gasteiger partial charge on any atom is -0.374 e. The summed E-state index contributed by atoms with van der Waals surface area (Å²) in [5.74, 6) is 0. The maximum absolute atomic E-state index is 5.59. The number of hydrogen-bond donors (Lipinski definition) is 0. The molecule has 0 bridgehead atoms. The average molecular weight is 262 g/mol. The van der Waals surface area contributed by atoms with Crippen LogP contribution in [0.4, 0.5) is 0 Å². The largest absolute Gasteiger partial charge is 0.558 e. The Morgan fingerprint density at radius 2 is 1.47 bits per heavy atom. The van der Waals surface area contributed by atoms with E-state index in [0.717, 1.165) is 10.7 Å². The van der Waals surface area contributed by atoms with Crippen molar-refractivity contribution in [2.75, 3.05) is 47.1 Å². The van der Waals surface area contributed by atoms with Gasteiger partial charge in [-0.15, -0.1) is 0 Å². The van der Waals surface area contributed by atoms with Gasteiger partial charge in [0.1, 0.15) is 6.17 Å². The predicted molar refractivity (Wildman–Crippen MR) is 70.7 cm³/mol. The second kappa shape index (κ2) is 6.85. The maximum Gasteiger partial charge on any atom is 0.558 e. The van der Waals surface area contributed by atoms with Gasteiger partial charge >= 0.3 is 8.80 Å². The zero-order valence-corrected chi connectivity index (χ0v) is 12.8. The third kappa shape index (κ3) is 3.76. The second-order valence-corrected chi connectivity index (χ2v) is 7.93. The third-order valence-corrected chi connectivity index (χ3v) is 6.85. The van der Waals surface area contributed by atoms with E-state index in [4.69, 9.17) is 13.3 Å². The van der Waals surface area contributed by atoms with Crippen molar-refractivity contribution >= 4 is 8.80 Å². The molecule has 0 radical (unpaired) electrons. The molecule has 0 spiro atoms. The Bertz CT molecular complexity index is 202. The molecule has 5 heteroatoms. The van der Waals surface area contributed by atoms with Gasteiger partial charge < -0.3 is 17.8 Å². The first kappa shape index (κ1) is 15.1. The lowest BCUT2D eigenvalue weighted by Crippen LogP contribution is -2.64. The highest BCUT2D eigenvalue weighted by atomic mass is 28.4. The molecule has 0 aromatic rings. The molecule has 102 valence electrons. The van der Waals surface area contributed by atoms with Crippen molar-refractivity contribution in [3.8, 4) is 0 Å². The number of hydrogen-bond acceptors (Lipinski definition) is 3. The maximum atomic E-state index is 5.59. The smallest absolute Gasteiger partial charge is 0.374 e. The van der Waals surface area contributed by atoms with Gasteiger partial charge in [-0.05, 0) is 25.7 Å². The number of likely N-dealkylation sites (tertiary alicyclic amines) is 1. The Balaban J connectivity index is 2.76. The molecular weight excluding hydrogens is 234 g/mol. The van der Waals surface area contributed by atoms with Crippen LogP contribution in [0.15, 0.2) is 0 Å². The number of piperidine rings is 1. The van der Waals surface area contributed by atoms with Crippen molar-refractivity contribution in [2.45, 2.75) is 32.6 Å². The lowest BCUT2D eigenvalue weighted by molar-refractivity contribution is -0.925. The molecule has 0 amide bonds. The zero-order chi connectivity index (χ0) is 12.8. The van der Waals surface area contributed by atoms with Crippen LogP contribution in [-0.2, 0) is 13.3 Å². The Morgan fingerprint density at radius 3 is 1.88 bits per heavy atom. The van der Waals surface area contributed by atoms with Gasteiger partial charge in [-0.3, -0.25) is 0 Å². The fourth-order valence-corrected chi connectivity index (χ4v) is 5.16. The minimum absolute atomic E-state index is 0.921. The highest BCUT2D eigenvalue weighted by Gasteiger charge is 2.48. The van der Waals surface area contributed by atoms with E-state index in [1.165, 1.54) is 45.3 Å². The third-order valence-electron chi connectivity index (χ3n) is 3.92. The fraction of sp³-hybridized carbons (Fsp3) is 1.00. The second-order valence-electron chi connectivity index (χ2n) is 5.03. The molecule has 1 rings (SSSR count). The molecule has 4 nitrogen and oxygen atoms in total. The Hall–Kier alpha value is 0.0569. The molecule has 0 N–H and O–H groups in total. The van der Waals surface area contributed by atoms with E-state index in [2.05, 4.69) is 6.92 Å². The van der Waals surface area contributed by atoms with E-state index in [9.17, 15) is 0 Å². The first-order valence-corrected chi connectivity index (χ1v) is 8.59. The Labute approximate surface area is 107 Å². The molecule has 0 aromatic carbocycles. The van der Waals surface area contributed by atoms with Gasteiger partial charge in [0, 0.05) is 21.3 Å². The molecule has 1 fully saturated rings. The van der Waals surface area contributed by atoms with Crippen LogP contribution in [0.2, 0.25) is 0 Å². The summed E-state index contributed by atoms with van der Waals surface area (Å²) in [6.07, 6.45) is 6.14. The summed E-state index contributed by atoms with van der Waals surface area (Å²) in [4.78, 5) is 0. The van der Waals surface area contributed by atoms with Crippen LogP contribution >= 0.6 is 0 Å². The first-order valence-electron chi connectivity index (χ1n) is 6.66. The van der Waals surface area contributed by atoms with E-state index >= 15 is 0 Å². The molecule has 1 aliphatic heterocycles. The zero-order valence-electron chi connectivity index (χ0n) is 11.8. The Kier molecular flexibility index (Phi) is 6.09. The van der Waals surface area contributed by atoms with Crippen LogP contribution in [0.5, 0.6) is 0 Å². The van der Waals surface area contributed by atoms with Crippen LogP contribution in [0, 0.1) is 0 Å². The van der Waals surface area contributed by atoms with E-state index in [-0.39, 0.29) is 0 Å². The number of nitrogens with zero attached hydrogens (tertiary/aromatic N) is 1. The van der Waals surface area contributed by atoms with Crippen molar-refractivity contribution in [2.24, 2.45) is 0 Å². The first-order chi connectivity index (χ1) is 8.16. The molecular formula is C12H28NO3Si+. The quantitative estimate of drug-likeness (QED) is 0.517. The van der Waals surface area contributed by atoms with Crippen LogP contribution in [0.1, 0.15) is 32.6 Å². The van der Waals surface area contributed by atoms with Crippen molar-refractivity contribution < 1.29 is 17.8 Å². The molecule has 1 heterocycles. The van der Waals surface area contributed by atoms with Gasteiger partial charge in [0.05, 0.1) is 19.6 Å². The molecule has 0 aromatic heterocycles. The van der Waals surface area contributed by atoms with Gasteiger partial charge in [0.15, 0.2) is 0 Å². The lowest BCUT2D eigenvalue weighted by atomic mass is 10.1. The van der Waals surface area contributed by atoms with Gasteiger partial charge in [-0.1, -0.05) is 6.92 Å². The van der Waals surface area contributed by atoms with Gasteiger partial charge in [-0.25, -0.2) is 0 Å².